The van der Waals surface area contributed by atoms with Crippen LogP contribution in [0.25, 0.3) is 21.5 Å². The van der Waals surface area contributed by atoms with Crippen molar-refractivity contribution in [1.29, 1.82) is 0 Å². The molecule has 7 nitrogen and oxygen atoms in total. The summed E-state index contributed by atoms with van der Waals surface area (Å²) in [5.74, 6) is -0.355. The SMILES string of the molecule is CC(C(=O)Nc1nc2ccccc2s1)n1nc(-c2cccnc2)ccc1=O. The summed E-state index contributed by atoms with van der Waals surface area (Å²) in [6.45, 7) is 1.63. The molecule has 1 amide bonds. The average Bonchev–Trinajstić information content (AvgIpc) is 3.10. The highest BCUT2D eigenvalue weighted by atomic mass is 32.1. The van der Waals surface area contributed by atoms with Crippen LogP contribution >= 0.6 is 11.3 Å². The topological polar surface area (TPSA) is 89.8 Å². The number of carbonyl (C=O) groups is 1. The summed E-state index contributed by atoms with van der Waals surface area (Å²) in [6, 6.07) is 13.5. The number of rotatable bonds is 4. The van der Waals surface area contributed by atoms with Gasteiger partial charge in [-0.25, -0.2) is 9.67 Å². The molecule has 0 aliphatic heterocycles. The molecule has 0 radical (unpaired) electrons. The zero-order valence-corrected chi connectivity index (χ0v) is 15.2. The Morgan fingerprint density at radius 3 is 2.78 bits per heavy atom. The highest BCUT2D eigenvalue weighted by molar-refractivity contribution is 7.22. The Labute approximate surface area is 158 Å². The van der Waals surface area contributed by atoms with Gasteiger partial charge >= 0.3 is 0 Å². The van der Waals surface area contributed by atoms with E-state index in [0.717, 1.165) is 15.8 Å². The van der Waals surface area contributed by atoms with E-state index in [2.05, 4.69) is 20.4 Å². The molecular weight excluding hydrogens is 362 g/mol. The van der Waals surface area contributed by atoms with Crippen LogP contribution in [0, 0.1) is 0 Å². The van der Waals surface area contributed by atoms with Crippen LogP contribution < -0.4 is 10.9 Å². The lowest BCUT2D eigenvalue weighted by molar-refractivity contribution is -0.119. The number of hydrogen-bond donors (Lipinski definition) is 1. The quantitative estimate of drug-likeness (QED) is 0.590. The van der Waals surface area contributed by atoms with Crippen molar-refractivity contribution >= 4 is 32.6 Å². The number of carbonyl (C=O) groups excluding carboxylic acids is 1. The van der Waals surface area contributed by atoms with Crippen LogP contribution in [0.1, 0.15) is 13.0 Å². The van der Waals surface area contributed by atoms with Crippen molar-refractivity contribution in [2.75, 3.05) is 5.32 Å². The standard InChI is InChI=1S/C19H15N5O2S/c1-12(18(26)22-19-21-15-6-2-3-7-16(15)27-19)24-17(25)9-8-14(23-24)13-5-4-10-20-11-13/h2-12H,1H3,(H,21,22,26). The Morgan fingerprint density at radius 2 is 2.00 bits per heavy atom. The lowest BCUT2D eigenvalue weighted by Crippen LogP contribution is -2.33. The predicted octanol–water partition coefficient (Wildman–Crippen LogP) is 3.11. The fraction of sp³-hybridized carbons (Fsp3) is 0.105. The average molecular weight is 377 g/mol. The van der Waals surface area contributed by atoms with E-state index in [4.69, 9.17) is 0 Å². The number of thiazole rings is 1. The van der Waals surface area contributed by atoms with Crippen molar-refractivity contribution in [2.24, 2.45) is 0 Å². The second-order valence-corrected chi connectivity index (χ2v) is 6.93. The van der Waals surface area contributed by atoms with E-state index in [1.54, 1.807) is 31.5 Å². The van der Waals surface area contributed by atoms with E-state index in [1.807, 2.05) is 30.3 Å². The van der Waals surface area contributed by atoms with Gasteiger partial charge in [-0.2, -0.15) is 5.10 Å². The first-order valence-corrected chi connectivity index (χ1v) is 9.10. The molecule has 1 aromatic carbocycles. The van der Waals surface area contributed by atoms with Gasteiger partial charge in [0.25, 0.3) is 11.5 Å². The first kappa shape index (κ1) is 17.0. The van der Waals surface area contributed by atoms with Crippen molar-refractivity contribution in [3.05, 3.63) is 71.3 Å². The van der Waals surface area contributed by atoms with Gasteiger partial charge < -0.3 is 5.32 Å². The molecule has 4 aromatic rings. The fourth-order valence-electron chi connectivity index (χ4n) is 2.62. The molecule has 4 rings (SSSR count). The number of aromatic nitrogens is 4. The van der Waals surface area contributed by atoms with Crippen molar-refractivity contribution < 1.29 is 4.79 Å². The van der Waals surface area contributed by atoms with Crippen molar-refractivity contribution in [1.82, 2.24) is 19.7 Å². The van der Waals surface area contributed by atoms with Crippen molar-refractivity contribution in [2.45, 2.75) is 13.0 Å². The van der Waals surface area contributed by atoms with E-state index in [9.17, 15) is 9.59 Å². The van der Waals surface area contributed by atoms with E-state index >= 15 is 0 Å². The maximum absolute atomic E-state index is 12.6. The minimum atomic E-state index is -0.791. The fourth-order valence-corrected chi connectivity index (χ4v) is 3.49. The van der Waals surface area contributed by atoms with Gasteiger partial charge in [-0.1, -0.05) is 23.5 Å². The van der Waals surface area contributed by atoms with Crippen LogP contribution in [0.4, 0.5) is 5.13 Å². The number of amides is 1. The van der Waals surface area contributed by atoms with E-state index < -0.39 is 6.04 Å². The van der Waals surface area contributed by atoms with E-state index in [-0.39, 0.29) is 11.5 Å². The number of pyridine rings is 1. The molecule has 0 saturated heterocycles. The van der Waals surface area contributed by atoms with E-state index in [0.29, 0.717) is 10.8 Å². The van der Waals surface area contributed by atoms with Crippen molar-refractivity contribution in [3.63, 3.8) is 0 Å². The summed E-state index contributed by atoms with van der Waals surface area (Å²) >= 11 is 1.38. The lowest BCUT2D eigenvalue weighted by atomic mass is 10.2. The molecule has 3 heterocycles. The second kappa shape index (κ2) is 7.08. The van der Waals surface area contributed by atoms with Gasteiger partial charge in [0, 0.05) is 24.0 Å². The Morgan fingerprint density at radius 1 is 1.15 bits per heavy atom. The third kappa shape index (κ3) is 3.47. The molecule has 0 spiro atoms. The van der Waals surface area contributed by atoms with Crippen LogP contribution in [-0.4, -0.2) is 25.7 Å². The molecule has 0 aliphatic rings. The highest BCUT2D eigenvalue weighted by Gasteiger charge is 2.19. The Kier molecular flexibility index (Phi) is 4.47. The molecule has 8 heteroatoms. The molecule has 0 bridgehead atoms. The molecule has 134 valence electrons. The predicted molar refractivity (Wildman–Crippen MR) is 105 cm³/mol. The number of fused-ring (bicyclic) bond motifs is 1. The summed E-state index contributed by atoms with van der Waals surface area (Å²) in [5, 5.41) is 7.60. The van der Waals surface area contributed by atoms with Crippen LogP contribution in [0.2, 0.25) is 0 Å². The van der Waals surface area contributed by atoms with Gasteiger partial charge in [0.1, 0.15) is 6.04 Å². The third-order valence-electron chi connectivity index (χ3n) is 4.05. The maximum Gasteiger partial charge on any atom is 0.267 e. The van der Waals surface area contributed by atoms with E-state index in [1.165, 1.54) is 22.1 Å². The minimum absolute atomic E-state index is 0.352. The maximum atomic E-state index is 12.6. The number of nitrogens with one attached hydrogen (secondary N) is 1. The molecule has 0 saturated carbocycles. The zero-order chi connectivity index (χ0) is 18.8. The number of hydrogen-bond acceptors (Lipinski definition) is 6. The summed E-state index contributed by atoms with van der Waals surface area (Å²) in [6.07, 6.45) is 3.32. The molecule has 0 fully saturated rings. The molecule has 1 atom stereocenters. The number of benzene rings is 1. The van der Waals surface area contributed by atoms with Gasteiger partial charge in [-0.3, -0.25) is 14.6 Å². The van der Waals surface area contributed by atoms with Gasteiger partial charge in [0.05, 0.1) is 15.9 Å². The molecule has 1 unspecified atom stereocenters. The smallest absolute Gasteiger partial charge is 0.267 e. The monoisotopic (exact) mass is 377 g/mol. The molecule has 0 aliphatic carbocycles. The Hall–Kier alpha value is -3.39. The van der Waals surface area contributed by atoms with Crippen LogP contribution in [-0.2, 0) is 4.79 Å². The van der Waals surface area contributed by atoms with Crippen LogP contribution in [0.3, 0.4) is 0 Å². The normalized spacial score (nSPS) is 12.0. The van der Waals surface area contributed by atoms with Gasteiger partial charge in [-0.05, 0) is 37.3 Å². The zero-order valence-electron chi connectivity index (χ0n) is 14.4. The highest BCUT2D eigenvalue weighted by Crippen LogP contribution is 2.26. The van der Waals surface area contributed by atoms with Crippen LogP contribution in [0.15, 0.2) is 65.7 Å². The van der Waals surface area contributed by atoms with Gasteiger partial charge in [0.2, 0.25) is 0 Å². The second-order valence-electron chi connectivity index (χ2n) is 5.90. The minimum Gasteiger partial charge on any atom is -0.300 e. The summed E-state index contributed by atoms with van der Waals surface area (Å²) in [4.78, 5) is 33.3. The van der Waals surface area contributed by atoms with Crippen LogP contribution in [0.5, 0.6) is 0 Å². The Bertz CT molecular complexity index is 1140. The third-order valence-corrected chi connectivity index (χ3v) is 5.00. The molecule has 1 N–H and O–H groups in total. The summed E-state index contributed by atoms with van der Waals surface area (Å²) in [7, 11) is 0. The van der Waals surface area contributed by atoms with Gasteiger partial charge in [-0.15, -0.1) is 0 Å². The number of nitrogens with zero attached hydrogens (tertiary/aromatic N) is 4. The largest absolute Gasteiger partial charge is 0.300 e. The lowest BCUT2D eigenvalue weighted by Gasteiger charge is -2.13. The van der Waals surface area contributed by atoms with Crippen molar-refractivity contribution in [3.8, 4) is 11.3 Å². The number of para-hydroxylation sites is 1. The summed E-state index contributed by atoms with van der Waals surface area (Å²) in [5.41, 5.74) is 1.81. The number of anilines is 1. The molecule has 27 heavy (non-hydrogen) atoms. The molecular formula is C19H15N5O2S. The first-order valence-electron chi connectivity index (χ1n) is 8.28. The Balaban J connectivity index is 1.60. The molecule has 3 aromatic heterocycles. The summed E-state index contributed by atoms with van der Waals surface area (Å²) < 4.78 is 2.15. The van der Waals surface area contributed by atoms with Gasteiger partial charge in [0.15, 0.2) is 5.13 Å². The first-order chi connectivity index (χ1) is 13.1.